The van der Waals surface area contributed by atoms with E-state index in [1.807, 2.05) is 35.2 Å². The number of aromatic hydroxyl groups is 1. The second-order valence-electron chi connectivity index (χ2n) is 15.9. The number of ether oxygens (including phenoxy) is 1. The number of likely N-dealkylation sites (tertiary alicyclic amines) is 1. The molecular weight excluding hydrogens is 750 g/mol. The molecule has 0 spiro atoms. The molecule has 0 aromatic heterocycles. The number of piperazine rings is 1. The molecule has 1 atom stereocenters. The van der Waals surface area contributed by atoms with Gasteiger partial charge in [-0.15, -0.1) is 0 Å². The molecule has 2 N–H and O–H groups in total. The van der Waals surface area contributed by atoms with E-state index in [4.69, 9.17) is 4.74 Å². The molecule has 8 rings (SSSR count). The van der Waals surface area contributed by atoms with Crippen LogP contribution in [0.15, 0.2) is 91.0 Å². The van der Waals surface area contributed by atoms with Gasteiger partial charge in [0, 0.05) is 45.7 Å². The standard InChI is InChI=1S/C47H50FN5O6/c1-2-37(32-6-4-3-5-7-32)44(33-8-12-35(54)13-9-33)34-10-14-36(15-11-34)59-27-26-50-20-18-31(19-21-50)30-51-22-24-52(25-23-51)42-29-39-38(28-40(42)48)46(57)53(47(39)58)41-16-17-43(55)49-45(41)56/h3-15,28-29,31,41,54H,2,16-27,30H2,1H3,(H,49,55,56). The number of benzene rings is 4. The second kappa shape index (κ2) is 17.6. The number of phenols is 1. The number of hydrogen-bond acceptors (Lipinski definition) is 9. The molecule has 4 aliphatic rings. The molecule has 3 saturated heterocycles. The van der Waals surface area contributed by atoms with Crippen molar-refractivity contribution >= 4 is 40.5 Å². The number of carbonyl (C=O) groups is 4. The van der Waals surface area contributed by atoms with Gasteiger partial charge in [-0.1, -0.05) is 61.5 Å². The topological polar surface area (TPSA) is 123 Å². The number of nitrogens with one attached hydrogen (secondary N) is 1. The summed E-state index contributed by atoms with van der Waals surface area (Å²) in [7, 11) is 0. The smallest absolute Gasteiger partial charge is 0.262 e. The van der Waals surface area contributed by atoms with E-state index < -0.39 is 35.5 Å². The van der Waals surface area contributed by atoms with E-state index in [-0.39, 0.29) is 35.4 Å². The fourth-order valence-corrected chi connectivity index (χ4v) is 8.97. The van der Waals surface area contributed by atoms with E-state index in [0.717, 1.165) is 91.9 Å². The average molecular weight is 800 g/mol. The Balaban J connectivity index is 0.797. The Bertz CT molecular complexity index is 2230. The van der Waals surface area contributed by atoms with Crippen molar-refractivity contribution in [2.24, 2.45) is 5.92 Å². The molecule has 4 amide bonds. The largest absolute Gasteiger partial charge is 0.508 e. The van der Waals surface area contributed by atoms with E-state index in [9.17, 15) is 24.3 Å². The zero-order chi connectivity index (χ0) is 41.0. The third-order valence-corrected chi connectivity index (χ3v) is 12.2. The van der Waals surface area contributed by atoms with Crippen LogP contribution in [0.3, 0.4) is 0 Å². The number of halogens is 1. The number of carbonyl (C=O) groups excluding carboxylic acids is 4. The molecule has 1 unspecified atom stereocenters. The van der Waals surface area contributed by atoms with Crippen LogP contribution < -0.4 is 15.0 Å². The molecule has 3 fully saturated rings. The number of phenolic OH excluding ortho intramolecular Hbond substituents is 1. The number of allylic oxidation sites excluding steroid dienone is 1. The highest BCUT2D eigenvalue weighted by Gasteiger charge is 2.45. The van der Waals surface area contributed by atoms with Crippen molar-refractivity contribution in [3.05, 3.63) is 125 Å². The van der Waals surface area contributed by atoms with Gasteiger partial charge in [0.05, 0.1) is 16.8 Å². The SMILES string of the molecule is CCC(=C(c1ccc(O)cc1)c1ccc(OCCN2CCC(CN3CCN(c4cc5c(cc4F)C(=O)N(C4CCC(=O)NC4=O)C5=O)CC3)CC2)cc1)c1ccccc1. The maximum Gasteiger partial charge on any atom is 0.262 e. The minimum atomic E-state index is -1.09. The summed E-state index contributed by atoms with van der Waals surface area (Å²) in [5.74, 6) is -1.40. The molecule has 4 heterocycles. The quantitative estimate of drug-likeness (QED) is 0.127. The number of anilines is 1. The number of nitrogens with zero attached hydrogens (tertiary/aromatic N) is 4. The Hall–Kier alpha value is -5.85. The molecule has 0 radical (unpaired) electrons. The Morgan fingerprint density at radius 3 is 2.05 bits per heavy atom. The van der Waals surface area contributed by atoms with Crippen molar-refractivity contribution < 1.29 is 33.4 Å². The molecule has 0 bridgehead atoms. The Morgan fingerprint density at radius 2 is 1.41 bits per heavy atom. The Kier molecular flexibility index (Phi) is 11.9. The van der Waals surface area contributed by atoms with Crippen molar-refractivity contribution in [2.45, 2.75) is 45.1 Å². The zero-order valence-corrected chi connectivity index (χ0v) is 33.4. The van der Waals surface area contributed by atoms with Gasteiger partial charge in [-0.3, -0.25) is 39.2 Å². The van der Waals surface area contributed by atoms with Gasteiger partial charge in [0.1, 0.15) is 30.0 Å². The van der Waals surface area contributed by atoms with Crippen LogP contribution in [0.25, 0.3) is 11.1 Å². The monoisotopic (exact) mass is 799 g/mol. The van der Waals surface area contributed by atoms with Crippen molar-refractivity contribution in [1.82, 2.24) is 20.0 Å². The summed E-state index contributed by atoms with van der Waals surface area (Å²) in [6, 6.07) is 27.6. The molecule has 4 aromatic rings. The van der Waals surface area contributed by atoms with E-state index in [1.165, 1.54) is 17.2 Å². The lowest BCUT2D eigenvalue weighted by atomic mass is 9.88. The highest BCUT2D eigenvalue weighted by Crippen LogP contribution is 2.36. The van der Waals surface area contributed by atoms with Crippen LogP contribution in [0.1, 0.15) is 76.4 Å². The minimum absolute atomic E-state index is 0.0263. The average Bonchev–Trinajstić information content (AvgIpc) is 3.48. The molecule has 306 valence electrons. The van der Waals surface area contributed by atoms with Crippen LogP contribution in [0.5, 0.6) is 11.5 Å². The summed E-state index contributed by atoms with van der Waals surface area (Å²) in [5, 5.41) is 12.1. The predicted molar refractivity (Wildman–Crippen MR) is 224 cm³/mol. The van der Waals surface area contributed by atoms with Crippen LogP contribution in [-0.2, 0) is 9.59 Å². The lowest BCUT2D eigenvalue weighted by Gasteiger charge is -2.39. The molecule has 11 nitrogen and oxygen atoms in total. The first kappa shape index (κ1) is 40.0. The highest BCUT2D eigenvalue weighted by molar-refractivity contribution is 6.23. The maximum absolute atomic E-state index is 15.4. The third kappa shape index (κ3) is 8.65. The van der Waals surface area contributed by atoms with Crippen LogP contribution in [0.4, 0.5) is 10.1 Å². The summed E-state index contributed by atoms with van der Waals surface area (Å²) < 4.78 is 21.7. The normalized spacial score (nSPS) is 19.8. The third-order valence-electron chi connectivity index (χ3n) is 12.2. The fourth-order valence-electron chi connectivity index (χ4n) is 8.97. The number of piperidine rings is 2. The molecule has 0 aliphatic carbocycles. The van der Waals surface area contributed by atoms with E-state index in [0.29, 0.717) is 25.6 Å². The number of rotatable bonds is 12. The van der Waals surface area contributed by atoms with Crippen LogP contribution >= 0.6 is 0 Å². The number of imide groups is 2. The second-order valence-corrected chi connectivity index (χ2v) is 15.9. The number of amides is 4. The van der Waals surface area contributed by atoms with E-state index in [1.54, 1.807) is 12.1 Å². The molecular formula is C47H50FN5O6. The van der Waals surface area contributed by atoms with Gasteiger partial charge in [0.25, 0.3) is 11.8 Å². The van der Waals surface area contributed by atoms with Gasteiger partial charge >= 0.3 is 0 Å². The number of hydrogen-bond donors (Lipinski definition) is 2. The van der Waals surface area contributed by atoms with Crippen LogP contribution in [-0.4, -0.2) is 108 Å². The van der Waals surface area contributed by atoms with Gasteiger partial charge < -0.3 is 14.7 Å². The first-order valence-electron chi connectivity index (χ1n) is 20.7. The van der Waals surface area contributed by atoms with Gasteiger partial charge in [0.2, 0.25) is 11.8 Å². The number of fused-ring (bicyclic) bond motifs is 1. The Labute approximate surface area is 344 Å². The van der Waals surface area contributed by atoms with Gasteiger partial charge in [-0.25, -0.2) is 4.39 Å². The van der Waals surface area contributed by atoms with Crippen molar-refractivity contribution in [3.63, 3.8) is 0 Å². The van der Waals surface area contributed by atoms with Gasteiger partial charge in [-0.05, 0) is 109 Å². The molecule has 59 heavy (non-hydrogen) atoms. The van der Waals surface area contributed by atoms with Crippen molar-refractivity contribution in [2.75, 3.05) is 63.9 Å². The van der Waals surface area contributed by atoms with E-state index >= 15 is 4.39 Å². The lowest BCUT2D eigenvalue weighted by molar-refractivity contribution is -0.136. The summed E-state index contributed by atoms with van der Waals surface area (Å²) >= 11 is 0. The lowest BCUT2D eigenvalue weighted by Crippen LogP contribution is -2.54. The summed E-state index contributed by atoms with van der Waals surface area (Å²) in [4.78, 5) is 58.2. The molecule has 0 saturated carbocycles. The van der Waals surface area contributed by atoms with Gasteiger partial charge in [0.15, 0.2) is 0 Å². The highest BCUT2D eigenvalue weighted by atomic mass is 19.1. The first-order valence-corrected chi connectivity index (χ1v) is 20.7. The minimum Gasteiger partial charge on any atom is -0.508 e. The predicted octanol–water partition coefficient (Wildman–Crippen LogP) is 6.21. The zero-order valence-electron chi connectivity index (χ0n) is 33.4. The van der Waals surface area contributed by atoms with Gasteiger partial charge in [-0.2, -0.15) is 0 Å². The fraction of sp³-hybridized carbons (Fsp3) is 0.362. The molecule has 12 heteroatoms. The van der Waals surface area contributed by atoms with E-state index in [2.05, 4.69) is 58.4 Å². The van der Waals surface area contributed by atoms with Crippen molar-refractivity contribution in [3.8, 4) is 11.5 Å². The van der Waals surface area contributed by atoms with Crippen molar-refractivity contribution in [1.29, 1.82) is 0 Å². The van der Waals surface area contributed by atoms with Crippen LogP contribution in [0, 0.1) is 11.7 Å². The maximum atomic E-state index is 15.4. The Morgan fingerprint density at radius 1 is 0.763 bits per heavy atom. The summed E-state index contributed by atoms with van der Waals surface area (Å²) in [5.41, 5.74) is 6.02. The molecule has 4 aromatic carbocycles. The first-order chi connectivity index (χ1) is 28.7. The molecule has 4 aliphatic heterocycles. The van der Waals surface area contributed by atoms with Crippen LogP contribution in [0.2, 0.25) is 0 Å². The summed E-state index contributed by atoms with van der Waals surface area (Å²) in [6.07, 6.45) is 3.13. The summed E-state index contributed by atoms with van der Waals surface area (Å²) in [6.45, 7) is 9.33.